The second-order valence-electron chi connectivity index (χ2n) is 6.08. The number of carboxylic acids is 1. The van der Waals surface area contributed by atoms with Gasteiger partial charge in [-0.05, 0) is 31.6 Å². The molecule has 5 heteroatoms. The highest BCUT2D eigenvalue weighted by molar-refractivity contribution is 5.69. The lowest BCUT2D eigenvalue weighted by molar-refractivity contribution is -0.139. The van der Waals surface area contributed by atoms with Crippen LogP contribution in [0.1, 0.15) is 51.4 Å². The smallest absolute Gasteiger partial charge is 0.317 e. The molecule has 2 rings (SSSR count). The minimum atomic E-state index is -2.55. The molecular weight excluding hydrogens is 252 g/mol. The molecule has 1 unspecified atom stereocenters. The normalized spacial score (nSPS) is 27.8. The highest BCUT2D eigenvalue weighted by atomic mass is 19.3. The Kier molecular flexibility index (Phi) is 4.76. The van der Waals surface area contributed by atoms with Crippen LogP contribution in [-0.4, -0.2) is 41.0 Å². The molecule has 0 amide bonds. The van der Waals surface area contributed by atoms with Crippen molar-refractivity contribution in [3.8, 4) is 0 Å². The first-order valence-corrected chi connectivity index (χ1v) is 7.30. The largest absolute Gasteiger partial charge is 0.480 e. The fraction of sp³-hybridized carbons (Fsp3) is 0.929. The van der Waals surface area contributed by atoms with Gasteiger partial charge in [0.05, 0.1) is 6.54 Å². The summed E-state index contributed by atoms with van der Waals surface area (Å²) in [6.07, 6.45) is 5.55. The predicted octanol–water partition coefficient (Wildman–Crippen LogP) is 3.14. The van der Waals surface area contributed by atoms with Crippen molar-refractivity contribution in [3.63, 3.8) is 0 Å². The van der Waals surface area contributed by atoms with E-state index < -0.39 is 11.9 Å². The van der Waals surface area contributed by atoms with Crippen molar-refractivity contribution in [1.29, 1.82) is 0 Å². The average Bonchev–Trinajstić information content (AvgIpc) is 2.79. The number of carboxylic acid groups (broad SMARTS) is 1. The average molecular weight is 275 g/mol. The molecule has 2 fully saturated rings. The third-order valence-corrected chi connectivity index (χ3v) is 4.41. The fourth-order valence-corrected chi connectivity index (χ4v) is 3.55. The number of rotatable bonds is 5. The Morgan fingerprint density at radius 3 is 2.47 bits per heavy atom. The molecule has 0 aromatic rings. The third kappa shape index (κ3) is 4.41. The van der Waals surface area contributed by atoms with Gasteiger partial charge in [0, 0.05) is 25.4 Å². The topological polar surface area (TPSA) is 40.5 Å². The van der Waals surface area contributed by atoms with E-state index in [1.54, 1.807) is 0 Å². The van der Waals surface area contributed by atoms with Gasteiger partial charge in [-0.2, -0.15) is 0 Å². The first-order chi connectivity index (χ1) is 8.96. The maximum Gasteiger partial charge on any atom is 0.317 e. The van der Waals surface area contributed by atoms with Crippen LogP contribution in [0.5, 0.6) is 0 Å². The van der Waals surface area contributed by atoms with Crippen LogP contribution in [0.15, 0.2) is 0 Å². The number of carbonyl (C=O) groups is 1. The van der Waals surface area contributed by atoms with Crippen LogP contribution in [0.2, 0.25) is 0 Å². The maximum atomic E-state index is 13.4. The number of hydrogen-bond donors (Lipinski definition) is 1. The SMILES string of the molecule is O=C(O)CN(CC1CCCC(F)(F)C1)C1CCCC1. The van der Waals surface area contributed by atoms with Crippen molar-refractivity contribution in [3.05, 3.63) is 0 Å². The van der Waals surface area contributed by atoms with Gasteiger partial charge < -0.3 is 5.11 Å². The van der Waals surface area contributed by atoms with Crippen LogP contribution < -0.4 is 0 Å². The Morgan fingerprint density at radius 1 is 1.21 bits per heavy atom. The number of halogens is 2. The third-order valence-electron chi connectivity index (χ3n) is 4.41. The van der Waals surface area contributed by atoms with Gasteiger partial charge in [-0.25, -0.2) is 8.78 Å². The van der Waals surface area contributed by atoms with E-state index >= 15 is 0 Å². The molecule has 0 bridgehead atoms. The zero-order valence-electron chi connectivity index (χ0n) is 11.3. The summed E-state index contributed by atoms with van der Waals surface area (Å²) < 4.78 is 26.8. The van der Waals surface area contributed by atoms with Gasteiger partial charge in [-0.15, -0.1) is 0 Å². The maximum absolute atomic E-state index is 13.4. The van der Waals surface area contributed by atoms with Gasteiger partial charge >= 0.3 is 5.97 Å². The zero-order chi connectivity index (χ0) is 13.9. The molecule has 2 aliphatic carbocycles. The van der Waals surface area contributed by atoms with E-state index in [9.17, 15) is 13.6 Å². The van der Waals surface area contributed by atoms with Crippen molar-refractivity contribution >= 4 is 5.97 Å². The van der Waals surface area contributed by atoms with Gasteiger partial charge in [0.2, 0.25) is 5.92 Å². The van der Waals surface area contributed by atoms with Crippen LogP contribution in [0.25, 0.3) is 0 Å². The summed E-state index contributed by atoms with van der Waals surface area (Å²) in [6.45, 7) is 0.513. The molecule has 2 saturated carbocycles. The molecule has 0 saturated heterocycles. The highest BCUT2D eigenvalue weighted by Crippen LogP contribution is 2.37. The lowest BCUT2D eigenvalue weighted by Crippen LogP contribution is -2.42. The molecule has 3 nitrogen and oxygen atoms in total. The first-order valence-electron chi connectivity index (χ1n) is 7.30. The summed E-state index contributed by atoms with van der Waals surface area (Å²) in [6, 6.07) is 0.284. The summed E-state index contributed by atoms with van der Waals surface area (Å²) in [5, 5.41) is 8.99. The Balaban J connectivity index is 1.92. The first kappa shape index (κ1) is 14.7. The Labute approximate surface area is 113 Å². The van der Waals surface area contributed by atoms with Crippen LogP contribution in [0, 0.1) is 5.92 Å². The molecule has 0 heterocycles. The minimum absolute atomic E-state index is 0.00720. The summed E-state index contributed by atoms with van der Waals surface area (Å²) in [5.74, 6) is -3.45. The van der Waals surface area contributed by atoms with Crippen LogP contribution in [0.4, 0.5) is 8.78 Å². The molecule has 0 radical (unpaired) electrons. The standard InChI is InChI=1S/C14H23F2NO2/c15-14(16)7-3-4-11(8-14)9-17(10-13(18)19)12-5-1-2-6-12/h11-12H,1-10H2,(H,18,19). The Morgan fingerprint density at radius 2 is 1.89 bits per heavy atom. The Hall–Kier alpha value is -0.710. The van der Waals surface area contributed by atoms with E-state index in [1.165, 1.54) is 0 Å². The van der Waals surface area contributed by atoms with Gasteiger partial charge in [-0.3, -0.25) is 9.69 Å². The van der Waals surface area contributed by atoms with Crippen molar-refractivity contribution in [2.75, 3.05) is 13.1 Å². The van der Waals surface area contributed by atoms with E-state index in [0.29, 0.717) is 13.0 Å². The highest BCUT2D eigenvalue weighted by Gasteiger charge is 2.37. The molecule has 110 valence electrons. The molecule has 0 aromatic carbocycles. The summed E-state index contributed by atoms with van der Waals surface area (Å²) in [4.78, 5) is 12.9. The second-order valence-corrected chi connectivity index (χ2v) is 6.08. The number of aliphatic carboxylic acids is 1. The van der Waals surface area contributed by atoms with Crippen molar-refractivity contribution in [1.82, 2.24) is 4.90 Å². The van der Waals surface area contributed by atoms with E-state index in [1.807, 2.05) is 4.90 Å². The van der Waals surface area contributed by atoms with Gasteiger partial charge in [0.1, 0.15) is 0 Å². The van der Waals surface area contributed by atoms with E-state index in [4.69, 9.17) is 5.11 Å². The quantitative estimate of drug-likeness (QED) is 0.838. The van der Waals surface area contributed by atoms with Crippen molar-refractivity contribution in [2.45, 2.75) is 63.3 Å². The number of alkyl halides is 2. The lowest BCUT2D eigenvalue weighted by atomic mass is 9.86. The minimum Gasteiger partial charge on any atom is -0.480 e. The number of hydrogen-bond acceptors (Lipinski definition) is 2. The molecule has 0 aliphatic heterocycles. The van der Waals surface area contributed by atoms with E-state index in [-0.39, 0.29) is 31.3 Å². The van der Waals surface area contributed by atoms with E-state index in [2.05, 4.69) is 0 Å². The second kappa shape index (κ2) is 6.16. The van der Waals surface area contributed by atoms with Gasteiger partial charge in [0.25, 0.3) is 0 Å². The molecule has 2 aliphatic rings. The monoisotopic (exact) mass is 275 g/mol. The summed E-state index contributed by atoms with van der Waals surface area (Å²) >= 11 is 0. The van der Waals surface area contributed by atoms with Crippen molar-refractivity contribution in [2.24, 2.45) is 5.92 Å². The zero-order valence-corrected chi connectivity index (χ0v) is 11.3. The van der Waals surface area contributed by atoms with Crippen LogP contribution >= 0.6 is 0 Å². The molecule has 0 aromatic heterocycles. The van der Waals surface area contributed by atoms with Crippen LogP contribution in [-0.2, 0) is 4.79 Å². The molecule has 19 heavy (non-hydrogen) atoms. The lowest BCUT2D eigenvalue weighted by Gasteiger charge is -2.35. The predicted molar refractivity (Wildman–Crippen MR) is 68.4 cm³/mol. The van der Waals surface area contributed by atoms with Crippen LogP contribution in [0.3, 0.4) is 0 Å². The molecule has 0 spiro atoms. The van der Waals surface area contributed by atoms with Gasteiger partial charge in [0.15, 0.2) is 0 Å². The summed E-state index contributed by atoms with van der Waals surface area (Å²) in [5.41, 5.74) is 0. The van der Waals surface area contributed by atoms with Crippen molar-refractivity contribution < 1.29 is 18.7 Å². The molecule has 1 N–H and O–H groups in total. The fourth-order valence-electron chi connectivity index (χ4n) is 3.55. The van der Waals surface area contributed by atoms with Gasteiger partial charge in [-0.1, -0.05) is 12.8 Å². The summed E-state index contributed by atoms with van der Waals surface area (Å²) in [7, 11) is 0. The Bertz CT molecular complexity index is 317. The molecular formula is C14H23F2NO2. The molecule has 1 atom stereocenters. The van der Waals surface area contributed by atoms with E-state index in [0.717, 1.165) is 32.1 Å². The number of nitrogens with zero attached hydrogens (tertiary/aromatic N) is 1.